The maximum atomic E-state index is 13.5. The molecule has 0 aliphatic carbocycles. The van der Waals surface area contributed by atoms with Crippen LogP contribution < -0.4 is 10.1 Å². The second-order valence-corrected chi connectivity index (χ2v) is 8.61. The molecule has 4 rings (SSSR count). The van der Waals surface area contributed by atoms with Gasteiger partial charge in [-0.2, -0.15) is 0 Å². The van der Waals surface area contributed by atoms with Crippen LogP contribution >= 0.6 is 0 Å². The van der Waals surface area contributed by atoms with Crippen LogP contribution in [-0.2, 0) is 17.8 Å². The Morgan fingerprint density at radius 2 is 1.79 bits per heavy atom. The van der Waals surface area contributed by atoms with Gasteiger partial charge >= 0.3 is 0 Å². The average Bonchev–Trinajstić information content (AvgIpc) is 3.40. The monoisotopic (exact) mass is 461 g/mol. The molecule has 1 fully saturated rings. The molecule has 3 aromatic rings. The normalized spacial score (nSPS) is 15.1. The minimum absolute atomic E-state index is 0.0726. The number of carbonyl (C=O) groups excluding carboxylic acids is 2. The molecule has 34 heavy (non-hydrogen) atoms. The number of nitrogens with zero attached hydrogens (tertiary/aromatic N) is 2. The van der Waals surface area contributed by atoms with Gasteiger partial charge < -0.3 is 19.4 Å². The van der Waals surface area contributed by atoms with Crippen LogP contribution in [0.4, 0.5) is 0 Å². The Balaban J connectivity index is 1.40. The average molecular weight is 462 g/mol. The third kappa shape index (κ3) is 5.85. The van der Waals surface area contributed by atoms with Crippen molar-refractivity contribution in [2.75, 3.05) is 33.3 Å². The fourth-order valence-electron chi connectivity index (χ4n) is 4.31. The smallest absolute Gasteiger partial charge is 0.287 e. The summed E-state index contributed by atoms with van der Waals surface area (Å²) in [5, 5.41) is 2.88. The predicted octanol–water partition coefficient (Wildman–Crippen LogP) is 3.28. The third-order valence-corrected chi connectivity index (χ3v) is 6.14. The van der Waals surface area contributed by atoms with Crippen LogP contribution in [0.1, 0.15) is 27.2 Å². The number of piperazine rings is 1. The molecule has 2 heterocycles. The van der Waals surface area contributed by atoms with Crippen molar-refractivity contribution >= 4 is 11.8 Å². The summed E-state index contributed by atoms with van der Waals surface area (Å²) in [5.74, 6) is 0.622. The molecule has 1 saturated heterocycles. The molecule has 2 amide bonds. The van der Waals surface area contributed by atoms with Crippen LogP contribution in [0.5, 0.6) is 5.75 Å². The van der Waals surface area contributed by atoms with E-state index in [0.29, 0.717) is 19.5 Å². The number of carbonyl (C=O) groups is 2. The van der Waals surface area contributed by atoms with Gasteiger partial charge in [-0.1, -0.05) is 48.0 Å². The lowest BCUT2D eigenvalue weighted by atomic mass is 10.0. The number of hydrogen-bond donors (Lipinski definition) is 1. The van der Waals surface area contributed by atoms with Crippen LogP contribution in [0.25, 0.3) is 0 Å². The zero-order valence-electron chi connectivity index (χ0n) is 19.7. The quantitative estimate of drug-likeness (QED) is 0.557. The molecule has 0 saturated carbocycles. The fraction of sp³-hybridized carbons (Fsp3) is 0.333. The molecule has 1 aromatic heterocycles. The van der Waals surface area contributed by atoms with Crippen LogP contribution in [0.2, 0.25) is 0 Å². The van der Waals surface area contributed by atoms with Crippen molar-refractivity contribution in [2.45, 2.75) is 25.9 Å². The molecule has 2 aromatic carbocycles. The van der Waals surface area contributed by atoms with Gasteiger partial charge in [0.25, 0.3) is 5.91 Å². The van der Waals surface area contributed by atoms with Gasteiger partial charge in [0.1, 0.15) is 11.8 Å². The maximum absolute atomic E-state index is 13.5. The number of methoxy groups -OCH3 is 1. The molecule has 178 valence electrons. The highest BCUT2D eigenvalue weighted by Gasteiger charge is 2.30. The van der Waals surface area contributed by atoms with Gasteiger partial charge in [-0.25, -0.2) is 0 Å². The Morgan fingerprint density at radius 3 is 2.47 bits per heavy atom. The van der Waals surface area contributed by atoms with Gasteiger partial charge in [-0.3, -0.25) is 14.5 Å². The highest BCUT2D eigenvalue weighted by Crippen LogP contribution is 2.22. The zero-order valence-corrected chi connectivity index (χ0v) is 19.7. The van der Waals surface area contributed by atoms with Crippen LogP contribution in [-0.4, -0.2) is 60.9 Å². The summed E-state index contributed by atoms with van der Waals surface area (Å²) < 4.78 is 10.7. The Kier molecular flexibility index (Phi) is 7.65. The van der Waals surface area contributed by atoms with Crippen LogP contribution in [0.3, 0.4) is 0 Å². The van der Waals surface area contributed by atoms with Crippen molar-refractivity contribution in [3.8, 4) is 5.75 Å². The van der Waals surface area contributed by atoms with E-state index in [1.807, 2.05) is 47.4 Å². The van der Waals surface area contributed by atoms with Crippen molar-refractivity contribution in [3.63, 3.8) is 0 Å². The number of nitrogens with one attached hydrogen (secondary N) is 1. The van der Waals surface area contributed by atoms with E-state index in [0.717, 1.165) is 36.5 Å². The predicted molar refractivity (Wildman–Crippen MR) is 130 cm³/mol. The molecular weight excluding hydrogens is 430 g/mol. The zero-order chi connectivity index (χ0) is 23.9. The minimum Gasteiger partial charge on any atom is -0.496 e. The molecule has 7 nitrogen and oxygen atoms in total. The molecule has 0 unspecified atom stereocenters. The molecule has 0 bridgehead atoms. The molecule has 7 heteroatoms. The Bertz CT molecular complexity index is 1090. The number of ether oxygens (including phenoxy) is 1. The number of amides is 2. The molecule has 0 spiro atoms. The molecule has 1 N–H and O–H groups in total. The molecule has 0 radical (unpaired) electrons. The maximum Gasteiger partial charge on any atom is 0.287 e. The van der Waals surface area contributed by atoms with Crippen molar-refractivity contribution < 1.29 is 18.7 Å². The highest BCUT2D eigenvalue weighted by molar-refractivity contribution is 5.95. The first kappa shape index (κ1) is 23.6. The first-order chi connectivity index (χ1) is 16.5. The van der Waals surface area contributed by atoms with E-state index in [1.165, 1.54) is 11.8 Å². The molecule has 1 aliphatic heterocycles. The lowest BCUT2D eigenvalue weighted by Gasteiger charge is -2.36. The van der Waals surface area contributed by atoms with Crippen molar-refractivity contribution in [1.82, 2.24) is 15.1 Å². The number of aryl methyl sites for hydroxylation is 1. The minimum atomic E-state index is -0.664. The first-order valence-electron chi connectivity index (χ1n) is 11.6. The topological polar surface area (TPSA) is 75.0 Å². The van der Waals surface area contributed by atoms with E-state index in [-0.39, 0.29) is 17.6 Å². The van der Waals surface area contributed by atoms with Gasteiger partial charge in [0, 0.05) is 44.7 Å². The summed E-state index contributed by atoms with van der Waals surface area (Å²) in [7, 11) is 1.69. The largest absolute Gasteiger partial charge is 0.496 e. The second-order valence-electron chi connectivity index (χ2n) is 8.61. The van der Waals surface area contributed by atoms with E-state index in [1.54, 1.807) is 19.2 Å². The van der Waals surface area contributed by atoms with Crippen LogP contribution in [0, 0.1) is 6.92 Å². The third-order valence-electron chi connectivity index (χ3n) is 6.14. The number of hydrogen-bond acceptors (Lipinski definition) is 5. The Labute approximate surface area is 200 Å². The van der Waals surface area contributed by atoms with Gasteiger partial charge in [0.15, 0.2) is 5.76 Å². The first-order valence-corrected chi connectivity index (χ1v) is 11.6. The molecule has 1 atom stereocenters. The van der Waals surface area contributed by atoms with E-state index in [4.69, 9.17) is 9.15 Å². The standard InChI is InChI=1S/C27H31N3O4/c1-20-10-11-24(33-2)22(17-20)19-29-12-14-30(15-13-29)27(32)23(18-21-7-4-3-5-8-21)28-26(31)25-9-6-16-34-25/h3-11,16-17,23H,12-15,18-19H2,1-2H3,(H,28,31)/t23-/m1/s1. The number of rotatable bonds is 8. The Morgan fingerprint density at radius 1 is 1.03 bits per heavy atom. The Hall–Kier alpha value is -3.58. The fourth-order valence-corrected chi connectivity index (χ4v) is 4.31. The van der Waals surface area contributed by atoms with E-state index in [2.05, 4.69) is 23.2 Å². The SMILES string of the molecule is COc1ccc(C)cc1CN1CCN(C(=O)[C@@H](Cc2ccccc2)NC(=O)c2ccco2)CC1. The lowest BCUT2D eigenvalue weighted by molar-refractivity contribution is -0.135. The van der Waals surface area contributed by atoms with Crippen molar-refractivity contribution in [1.29, 1.82) is 0 Å². The van der Waals surface area contributed by atoms with Crippen molar-refractivity contribution in [2.24, 2.45) is 0 Å². The summed E-state index contributed by atoms with van der Waals surface area (Å²) in [5.41, 5.74) is 3.33. The van der Waals surface area contributed by atoms with E-state index in [9.17, 15) is 9.59 Å². The summed E-state index contributed by atoms with van der Waals surface area (Å²) in [6.45, 7) is 5.57. The van der Waals surface area contributed by atoms with Crippen molar-refractivity contribution in [3.05, 3.63) is 89.4 Å². The van der Waals surface area contributed by atoms with Gasteiger partial charge in [-0.05, 0) is 30.7 Å². The van der Waals surface area contributed by atoms with Gasteiger partial charge in [0.05, 0.1) is 13.4 Å². The number of furan rings is 1. The molecular formula is C27H31N3O4. The molecule has 1 aliphatic rings. The second kappa shape index (κ2) is 11.0. The summed E-state index contributed by atoms with van der Waals surface area (Å²) in [4.78, 5) is 30.3. The summed E-state index contributed by atoms with van der Waals surface area (Å²) in [6.07, 6.45) is 1.87. The number of benzene rings is 2. The van der Waals surface area contributed by atoms with Gasteiger partial charge in [0.2, 0.25) is 5.91 Å². The lowest BCUT2D eigenvalue weighted by Crippen LogP contribution is -2.55. The van der Waals surface area contributed by atoms with E-state index >= 15 is 0 Å². The summed E-state index contributed by atoms with van der Waals surface area (Å²) >= 11 is 0. The van der Waals surface area contributed by atoms with Crippen LogP contribution in [0.15, 0.2) is 71.3 Å². The highest BCUT2D eigenvalue weighted by atomic mass is 16.5. The van der Waals surface area contributed by atoms with Gasteiger partial charge in [-0.15, -0.1) is 0 Å². The van der Waals surface area contributed by atoms with E-state index < -0.39 is 6.04 Å². The summed E-state index contributed by atoms with van der Waals surface area (Å²) in [6, 6.07) is 18.5.